The number of nitrogens with two attached hydrogens (primary N) is 1. The van der Waals surface area contributed by atoms with E-state index in [4.69, 9.17) is 5.73 Å². The molecule has 3 nitrogen and oxygen atoms in total. The number of halogens is 1. The first kappa shape index (κ1) is 13.2. The molecule has 1 atom stereocenters. The van der Waals surface area contributed by atoms with Crippen molar-refractivity contribution in [1.29, 1.82) is 0 Å². The number of hydrogen-bond acceptors (Lipinski definition) is 3. The van der Waals surface area contributed by atoms with Crippen molar-refractivity contribution in [1.82, 2.24) is 9.97 Å². The van der Waals surface area contributed by atoms with E-state index < -0.39 is 0 Å². The highest BCUT2D eigenvalue weighted by molar-refractivity contribution is 5.25. The van der Waals surface area contributed by atoms with Gasteiger partial charge in [0.25, 0.3) is 0 Å². The maximum absolute atomic E-state index is 12.9. The maximum atomic E-state index is 12.9. The molecule has 0 bridgehead atoms. The van der Waals surface area contributed by atoms with Crippen molar-refractivity contribution in [3.8, 4) is 0 Å². The minimum absolute atomic E-state index is 0.0624. The van der Waals surface area contributed by atoms with Crippen LogP contribution in [0.15, 0.2) is 30.5 Å². The molecule has 2 aromatic rings. The van der Waals surface area contributed by atoms with Gasteiger partial charge in [0.15, 0.2) is 0 Å². The predicted octanol–water partition coefficient (Wildman–Crippen LogP) is 2.93. The minimum Gasteiger partial charge on any atom is -0.324 e. The Morgan fingerprint density at radius 1 is 1.20 bits per heavy atom. The Morgan fingerprint density at radius 2 is 2.00 bits per heavy atom. The molecule has 0 amide bonds. The summed E-state index contributed by atoms with van der Waals surface area (Å²) in [5.41, 5.74) is 9.34. The first-order valence-corrected chi connectivity index (χ1v) is 7.07. The maximum Gasteiger partial charge on any atom is 0.132 e. The topological polar surface area (TPSA) is 51.8 Å². The minimum atomic E-state index is -0.220. The average molecular weight is 271 g/mol. The molecule has 1 aliphatic carbocycles. The Morgan fingerprint density at radius 3 is 2.80 bits per heavy atom. The molecular formula is C16H18FN3. The zero-order valence-corrected chi connectivity index (χ0v) is 11.3. The van der Waals surface area contributed by atoms with Crippen LogP contribution in [-0.2, 0) is 12.8 Å². The van der Waals surface area contributed by atoms with E-state index in [0.29, 0.717) is 6.42 Å². The van der Waals surface area contributed by atoms with Gasteiger partial charge in [0.2, 0.25) is 0 Å². The number of aryl methyl sites for hydroxylation is 1. The van der Waals surface area contributed by atoms with Crippen molar-refractivity contribution >= 4 is 0 Å². The van der Waals surface area contributed by atoms with Gasteiger partial charge < -0.3 is 5.73 Å². The van der Waals surface area contributed by atoms with Gasteiger partial charge in [-0.1, -0.05) is 18.6 Å². The van der Waals surface area contributed by atoms with Gasteiger partial charge in [-0.05, 0) is 37.0 Å². The second-order valence-electron chi connectivity index (χ2n) is 5.34. The van der Waals surface area contributed by atoms with Gasteiger partial charge in [0.05, 0.1) is 0 Å². The summed E-state index contributed by atoms with van der Waals surface area (Å²) in [4.78, 5) is 9.07. The summed E-state index contributed by atoms with van der Waals surface area (Å²) in [7, 11) is 0. The van der Waals surface area contributed by atoms with Gasteiger partial charge in [-0.3, -0.25) is 0 Å². The molecular weight excluding hydrogens is 253 g/mol. The third-order valence-electron chi connectivity index (χ3n) is 3.80. The van der Waals surface area contributed by atoms with E-state index in [2.05, 4.69) is 9.97 Å². The van der Waals surface area contributed by atoms with Crippen LogP contribution in [0.1, 0.15) is 47.9 Å². The van der Waals surface area contributed by atoms with Crippen LogP contribution >= 0.6 is 0 Å². The monoisotopic (exact) mass is 271 g/mol. The lowest BCUT2D eigenvalue weighted by atomic mass is 10.1. The van der Waals surface area contributed by atoms with Gasteiger partial charge in [-0.15, -0.1) is 0 Å². The standard InChI is InChI=1S/C16H18FN3/c17-12-7-5-11(6-8-12)9-16-19-10-13-14(18)3-1-2-4-15(13)20-16/h5-8,10,14H,1-4,9,18H2. The molecule has 0 saturated heterocycles. The molecule has 1 aromatic carbocycles. The molecule has 20 heavy (non-hydrogen) atoms. The van der Waals surface area contributed by atoms with E-state index >= 15 is 0 Å². The van der Waals surface area contributed by atoms with E-state index in [1.54, 1.807) is 12.1 Å². The third kappa shape index (κ3) is 2.85. The summed E-state index contributed by atoms with van der Waals surface area (Å²) in [5.74, 6) is 0.562. The van der Waals surface area contributed by atoms with Crippen LogP contribution in [-0.4, -0.2) is 9.97 Å². The second-order valence-corrected chi connectivity index (χ2v) is 5.34. The highest BCUT2D eigenvalue weighted by Crippen LogP contribution is 2.25. The van der Waals surface area contributed by atoms with Crippen LogP contribution in [0, 0.1) is 5.82 Å². The summed E-state index contributed by atoms with van der Waals surface area (Å²) in [6.07, 6.45) is 6.76. The molecule has 1 aromatic heterocycles. The van der Waals surface area contributed by atoms with Crippen LogP contribution in [0.3, 0.4) is 0 Å². The average Bonchev–Trinajstić information content (AvgIpc) is 2.63. The van der Waals surface area contributed by atoms with E-state index in [1.807, 2.05) is 6.20 Å². The van der Waals surface area contributed by atoms with Gasteiger partial charge in [0.1, 0.15) is 11.6 Å². The smallest absolute Gasteiger partial charge is 0.132 e. The number of benzene rings is 1. The van der Waals surface area contributed by atoms with Gasteiger partial charge >= 0.3 is 0 Å². The lowest BCUT2D eigenvalue weighted by molar-refractivity contribution is 0.614. The van der Waals surface area contributed by atoms with Crippen LogP contribution in [0.4, 0.5) is 4.39 Å². The zero-order chi connectivity index (χ0) is 13.9. The van der Waals surface area contributed by atoms with Crippen molar-refractivity contribution in [2.75, 3.05) is 0 Å². The predicted molar refractivity (Wildman–Crippen MR) is 75.7 cm³/mol. The molecule has 0 spiro atoms. The summed E-state index contributed by atoms with van der Waals surface area (Å²) in [6, 6.07) is 6.54. The van der Waals surface area contributed by atoms with Crippen molar-refractivity contribution < 1.29 is 4.39 Å². The molecule has 1 aliphatic rings. The summed E-state index contributed by atoms with van der Waals surface area (Å²) in [5, 5.41) is 0. The SMILES string of the molecule is NC1CCCCc2nc(Cc3ccc(F)cc3)ncc21. The van der Waals surface area contributed by atoms with Gasteiger partial charge in [-0.25, -0.2) is 14.4 Å². The lowest BCUT2D eigenvalue weighted by Crippen LogP contribution is -2.13. The fourth-order valence-corrected chi connectivity index (χ4v) is 2.66. The highest BCUT2D eigenvalue weighted by Gasteiger charge is 2.17. The number of rotatable bonds is 2. The first-order chi connectivity index (χ1) is 9.72. The highest BCUT2D eigenvalue weighted by atomic mass is 19.1. The normalized spacial score (nSPS) is 18.4. The fraction of sp³-hybridized carbons (Fsp3) is 0.375. The zero-order valence-electron chi connectivity index (χ0n) is 11.3. The van der Waals surface area contributed by atoms with Crippen LogP contribution in [0.2, 0.25) is 0 Å². The van der Waals surface area contributed by atoms with E-state index in [-0.39, 0.29) is 11.9 Å². The Kier molecular flexibility index (Phi) is 3.74. The van der Waals surface area contributed by atoms with Crippen molar-refractivity contribution in [3.63, 3.8) is 0 Å². The molecule has 0 radical (unpaired) electrons. The molecule has 4 heteroatoms. The van der Waals surface area contributed by atoms with Crippen molar-refractivity contribution in [2.24, 2.45) is 5.73 Å². The summed E-state index contributed by atoms with van der Waals surface area (Å²) < 4.78 is 12.9. The second kappa shape index (κ2) is 5.67. The molecule has 1 heterocycles. The largest absolute Gasteiger partial charge is 0.324 e. The van der Waals surface area contributed by atoms with Crippen molar-refractivity contribution in [3.05, 3.63) is 58.9 Å². The number of fused-ring (bicyclic) bond motifs is 1. The summed E-state index contributed by atoms with van der Waals surface area (Å²) >= 11 is 0. The molecule has 0 fully saturated rings. The lowest BCUT2D eigenvalue weighted by Gasteiger charge is -2.12. The van der Waals surface area contributed by atoms with Crippen molar-refractivity contribution in [2.45, 2.75) is 38.1 Å². The third-order valence-corrected chi connectivity index (χ3v) is 3.80. The Bertz CT molecular complexity index is 595. The van der Waals surface area contributed by atoms with E-state index in [0.717, 1.165) is 48.3 Å². The number of aromatic nitrogens is 2. The van der Waals surface area contributed by atoms with Gasteiger partial charge in [-0.2, -0.15) is 0 Å². The Balaban J connectivity index is 1.84. The van der Waals surface area contributed by atoms with E-state index in [1.165, 1.54) is 12.1 Å². The van der Waals surface area contributed by atoms with Crippen LogP contribution < -0.4 is 5.73 Å². The van der Waals surface area contributed by atoms with E-state index in [9.17, 15) is 4.39 Å². The molecule has 104 valence electrons. The number of nitrogens with zero attached hydrogens (tertiary/aromatic N) is 2. The van der Waals surface area contributed by atoms with Gasteiger partial charge in [0, 0.05) is 29.9 Å². The van der Waals surface area contributed by atoms with Crippen LogP contribution in [0.25, 0.3) is 0 Å². The first-order valence-electron chi connectivity index (χ1n) is 7.07. The van der Waals surface area contributed by atoms with Crippen LogP contribution in [0.5, 0.6) is 0 Å². The number of hydrogen-bond donors (Lipinski definition) is 1. The Hall–Kier alpha value is -1.81. The summed E-state index contributed by atoms with van der Waals surface area (Å²) in [6.45, 7) is 0. The molecule has 0 saturated carbocycles. The quantitative estimate of drug-likeness (QED) is 0.854. The molecule has 0 aliphatic heterocycles. The molecule has 3 rings (SSSR count). The molecule has 2 N–H and O–H groups in total. The fourth-order valence-electron chi connectivity index (χ4n) is 2.66. The Labute approximate surface area is 118 Å². The molecule has 1 unspecified atom stereocenters.